The molecule has 0 unspecified atom stereocenters. The lowest BCUT2D eigenvalue weighted by Crippen LogP contribution is -2.41. The second kappa shape index (κ2) is 8.00. The number of carbonyl (C=O) groups is 2. The van der Waals surface area contributed by atoms with Crippen LogP contribution in [-0.2, 0) is 9.53 Å². The maximum Gasteiger partial charge on any atom is 0.328 e. The molecule has 0 bridgehead atoms. The fourth-order valence-corrected chi connectivity index (χ4v) is 3.29. The Labute approximate surface area is 153 Å². The second-order valence-corrected chi connectivity index (χ2v) is 6.39. The number of amides is 1. The quantitative estimate of drug-likeness (QED) is 0.528. The third-order valence-electron chi connectivity index (χ3n) is 4.64. The molecule has 4 heteroatoms. The zero-order valence-electron chi connectivity index (χ0n) is 15.1. The van der Waals surface area contributed by atoms with Crippen molar-refractivity contribution in [2.24, 2.45) is 0 Å². The number of esters is 1. The van der Waals surface area contributed by atoms with Gasteiger partial charge in [-0.25, -0.2) is 4.79 Å². The maximum absolute atomic E-state index is 13.1. The van der Waals surface area contributed by atoms with Crippen LogP contribution in [0, 0.1) is 0 Å². The third kappa shape index (κ3) is 3.54. The van der Waals surface area contributed by atoms with E-state index in [0.717, 1.165) is 34.4 Å². The van der Waals surface area contributed by atoms with E-state index in [4.69, 9.17) is 4.74 Å². The molecule has 1 amide bonds. The highest BCUT2D eigenvalue weighted by atomic mass is 16.5. The number of rotatable bonds is 6. The molecule has 0 heterocycles. The minimum absolute atomic E-state index is 0.246. The van der Waals surface area contributed by atoms with Gasteiger partial charge in [0.1, 0.15) is 6.04 Å². The fourth-order valence-electron chi connectivity index (χ4n) is 3.29. The SMILES string of the molecule is CCCC[C@H](NC(=O)c1c2ccccc2cc2ccccc12)C(=O)OC. The van der Waals surface area contributed by atoms with Gasteiger partial charge in [-0.05, 0) is 34.0 Å². The first-order chi connectivity index (χ1) is 12.7. The van der Waals surface area contributed by atoms with E-state index in [0.29, 0.717) is 12.0 Å². The average molecular weight is 349 g/mol. The fraction of sp³-hybridized carbons (Fsp3) is 0.273. The average Bonchev–Trinajstić information content (AvgIpc) is 2.68. The first kappa shape index (κ1) is 17.9. The molecule has 3 aromatic rings. The standard InChI is InChI=1S/C22H23NO3/c1-3-4-13-19(22(25)26-2)23-21(24)20-17-11-7-5-9-15(17)14-16-10-6-8-12-18(16)20/h5-12,14,19H,3-4,13H2,1-2H3,(H,23,24)/t19-/m0/s1. The van der Waals surface area contributed by atoms with Gasteiger partial charge in [0, 0.05) is 0 Å². The lowest BCUT2D eigenvalue weighted by atomic mass is 9.96. The van der Waals surface area contributed by atoms with E-state index in [9.17, 15) is 9.59 Å². The normalized spacial score (nSPS) is 12.1. The van der Waals surface area contributed by atoms with Crippen LogP contribution in [0.1, 0.15) is 36.5 Å². The summed E-state index contributed by atoms with van der Waals surface area (Å²) < 4.78 is 4.87. The van der Waals surface area contributed by atoms with Crippen molar-refractivity contribution in [1.29, 1.82) is 0 Å². The van der Waals surface area contributed by atoms with Crippen LogP contribution in [0.4, 0.5) is 0 Å². The van der Waals surface area contributed by atoms with E-state index in [1.807, 2.05) is 55.5 Å². The summed E-state index contributed by atoms with van der Waals surface area (Å²) in [5.41, 5.74) is 0.601. The zero-order chi connectivity index (χ0) is 18.5. The van der Waals surface area contributed by atoms with Gasteiger partial charge in [0.15, 0.2) is 0 Å². The van der Waals surface area contributed by atoms with Crippen LogP contribution in [0.2, 0.25) is 0 Å². The van der Waals surface area contributed by atoms with Gasteiger partial charge in [-0.1, -0.05) is 68.3 Å². The van der Waals surface area contributed by atoms with Gasteiger partial charge in [0.25, 0.3) is 5.91 Å². The molecular weight excluding hydrogens is 326 g/mol. The van der Waals surface area contributed by atoms with Gasteiger partial charge in [-0.15, -0.1) is 0 Å². The van der Waals surface area contributed by atoms with Crippen LogP contribution in [0.25, 0.3) is 21.5 Å². The van der Waals surface area contributed by atoms with Gasteiger partial charge in [0.2, 0.25) is 0 Å². The summed E-state index contributed by atoms with van der Waals surface area (Å²) in [5.74, 6) is -0.652. The number of nitrogens with one attached hydrogen (secondary N) is 1. The summed E-state index contributed by atoms with van der Waals surface area (Å²) in [4.78, 5) is 25.2. The zero-order valence-corrected chi connectivity index (χ0v) is 15.1. The Morgan fingerprint density at radius 2 is 1.58 bits per heavy atom. The lowest BCUT2D eigenvalue weighted by molar-refractivity contribution is -0.143. The topological polar surface area (TPSA) is 55.4 Å². The summed E-state index contributed by atoms with van der Waals surface area (Å²) in [6, 6.07) is 17.1. The summed E-state index contributed by atoms with van der Waals surface area (Å²) in [5, 5.41) is 6.64. The highest BCUT2D eigenvalue weighted by Crippen LogP contribution is 2.28. The Bertz CT molecular complexity index is 894. The molecule has 0 radical (unpaired) electrons. The van der Waals surface area contributed by atoms with Gasteiger partial charge < -0.3 is 10.1 Å². The maximum atomic E-state index is 13.1. The predicted molar refractivity (Wildman–Crippen MR) is 104 cm³/mol. The molecule has 1 N–H and O–H groups in total. The number of methoxy groups -OCH3 is 1. The van der Waals surface area contributed by atoms with Crippen LogP contribution in [0.5, 0.6) is 0 Å². The molecule has 0 aliphatic carbocycles. The minimum Gasteiger partial charge on any atom is -0.467 e. The van der Waals surface area contributed by atoms with Crippen LogP contribution in [-0.4, -0.2) is 25.0 Å². The molecule has 26 heavy (non-hydrogen) atoms. The van der Waals surface area contributed by atoms with Crippen LogP contribution < -0.4 is 5.32 Å². The molecule has 0 spiro atoms. The summed E-state index contributed by atoms with van der Waals surface area (Å²) in [6.07, 6.45) is 2.36. The molecule has 4 nitrogen and oxygen atoms in total. The Morgan fingerprint density at radius 1 is 1.00 bits per heavy atom. The molecule has 3 rings (SSSR count). The number of ether oxygens (including phenoxy) is 1. The molecule has 0 aliphatic rings. The van der Waals surface area contributed by atoms with Crippen molar-refractivity contribution < 1.29 is 14.3 Å². The molecule has 0 fully saturated rings. The molecule has 0 aromatic heterocycles. The Kier molecular flexibility index (Phi) is 5.52. The summed E-state index contributed by atoms with van der Waals surface area (Å²) in [7, 11) is 1.35. The minimum atomic E-state index is -0.634. The van der Waals surface area contributed by atoms with Crippen LogP contribution >= 0.6 is 0 Å². The Hall–Kier alpha value is -2.88. The molecule has 3 aromatic carbocycles. The largest absolute Gasteiger partial charge is 0.467 e. The lowest BCUT2D eigenvalue weighted by Gasteiger charge is -2.18. The number of unbranched alkanes of at least 4 members (excludes halogenated alkanes) is 1. The summed E-state index contributed by atoms with van der Waals surface area (Å²) in [6.45, 7) is 2.05. The van der Waals surface area contributed by atoms with Crippen molar-refractivity contribution >= 4 is 33.4 Å². The van der Waals surface area contributed by atoms with Crippen LogP contribution in [0.15, 0.2) is 54.6 Å². The van der Waals surface area contributed by atoms with E-state index in [-0.39, 0.29) is 5.91 Å². The van der Waals surface area contributed by atoms with E-state index < -0.39 is 12.0 Å². The third-order valence-corrected chi connectivity index (χ3v) is 4.64. The number of benzene rings is 3. The predicted octanol–water partition coefficient (Wildman–Crippen LogP) is 4.45. The first-order valence-electron chi connectivity index (χ1n) is 8.95. The van der Waals surface area contributed by atoms with E-state index >= 15 is 0 Å². The van der Waals surface area contributed by atoms with Gasteiger partial charge in [-0.3, -0.25) is 4.79 Å². The van der Waals surface area contributed by atoms with Gasteiger partial charge in [-0.2, -0.15) is 0 Å². The number of hydrogen-bond acceptors (Lipinski definition) is 3. The molecule has 0 saturated heterocycles. The molecule has 134 valence electrons. The van der Waals surface area contributed by atoms with Crippen molar-refractivity contribution in [3.63, 3.8) is 0 Å². The molecular formula is C22H23NO3. The second-order valence-electron chi connectivity index (χ2n) is 6.39. The van der Waals surface area contributed by atoms with Crippen LogP contribution in [0.3, 0.4) is 0 Å². The highest BCUT2D eigenvalue weighted by Gasteiger charge is 2.23. The van der Waals surface area contributed by atoms with Gasteiger partial charge >= 0.3 is 5.97 Å². The molecule has 1 atom stereocenters. The van der Waals surface area contributed by atoms with E-state index in [1.54, 1.807) is 0 Å². The van der Waals surface area contributed by atoms with E-state index in [1.165, 1.54) is 7.11 Å². The molecule has 0 aliphatic heterocycles. The first-order valence-corrected chi connectivity index (χ1v) is 8.95. The Balaban J connectivity index is 2.06. The van der Waals surface area contributed by atoms with Gasteiger partial charge in [0.05, 0.1) is 12.7 Å². The summed E-state index contributed by atoms with van der Waals surface area (Å²) >= 11 is 0. The van der Waals surface area contributed by atoms with Crippen molar-refractivity contribution in [2.45, 2.75) is 32.2 Å². The smallest absolute Gasteiger partial charge is 0.328 e. The number of carbonyl (C=O) groups excluding carboxylic acids is 2. The number of hydrogen-bond donors (Lipinski definition) is 1. The van der Waals surface area contributed by atoms with E-state index in [2.05, 4.69) is 11.4 Å². The van der Waals surface area contributed by atoms with Crippen molar-refractivity contribution in [3.8, 4) is 0 Å². The van der Waals surface area contributed by atoms with Crippen molar-refractivity contribution in [3.05, 3.63) is 60.2 Å². The van der Waals surface area contributed by atoms with Crippen molar-refractivity contribution in [2.75, 3.05) is 7.11 Å². The Morgan fingerprint density at radius 3 is 2.12 bits per heavy atom. The highest BCUT2D eigenvalue weighted by molar-refractivity contribution is 6.18. The monoisotopic (exact) mass is 349 g/mol. The molecule has 0 saturated carbocycles. The van der Waals surface area contributed by atoms with Crippen molar-refractivity contribution in [1.82, 2.24) is 5.32 Å². The number of fused-ring (bicyclic) bond motifs is 2.